The van der Waals surface area contributed by atoms with Crippen LogP contribution in [-0.4, -0.2) is 19.3 Å². The van der Waals surface area contributed by atoms with Crippen LogP contribution in [0.1, 0.15) is 69.8 Å². The van der Waals surface area contributed by atoms with Gasteiger partial charge in [-0.3, -0.25) is 0 Å². The molecule has 2 heteroatoms. The molecular formula is C22H34O2. The van der Waals surface area contributed by atoms with E-state index in [0.717, 1.165) is 12.4 Å². The van der Waals surface area contributed by atoms with Crippen molar-refractivity contribution in [2.24, 2.45) is 0 Å². The average Bonchev–Trinajstić information content (AvgIpc) is 3.43. The number of epoxide rings is 1. The molecule has 1 atom stereocenters. The molecule has 0 radical (unpaired) electrons. The fourth-order valence-electron chi connectivity index (χ4n) is 2.96. The smallest absolute Gasteiger partial charge is 0.119 e. The molecule has 1 aliphatic rings. The van der Waals surface area contributed by atoms with E-state index in [1.165, 1.54) is 76.2 Å². The molecule has 1 unspecified atom stereocenters. The van der Waals surface area contributed by atoms with E-state index in [1.807, 2.05) is 6.08 Å². The van der Waals surface area contributed by atoms with Crippen LogP contribution in [0.5, 0.6) is 5.75 Å². The van der Waals surface area contributed by atoms with E-state index in [0.29, 0.717) is 12.7 Å². The van der Waals surface area contributed by atoms with Crippen molar-refractivity contribution in [2.75, 3.05) is 13.2 Å². The minimum absolute atomic E-state index is 0.330. The summed E-state index contributed by atoms with van der Waals surface area (Å²) in [6.45, 7) is 5.31. The highest BCUT2D eigenvalue weighted by Gasteiger charge is 2.22. The van der Waals surface area contributed by atoms with Crippen LogP contribution in [0.2, 0.25) is 0 Å². The van der Waals surface area contributed by atoms with Gasteiger partial charge in [0.2, 0.25) is 0 Å². The zero-order valence-corrected chi connectivity index (χ0v) is 15.2. The first-order valence-electron chi connectivity index (χ1n) is 9.83. The highest BCUT2D eigenvalue weighted by Crippen LogP contribution is 2.17. The number of hydrogen-bond acceptors (Lipinski definition) is 2. The lowest BCUT2D eigenvalue weighted by molar-refractivity contribution is 0.263. The Balaban J connectivity index is 1.40. The van der Waals surface area contributed by atoms with E-state index in [-0.39, 0.29) is 0 Å². The van der Waals surface area contributed by atoms with E-state index in [9.17, 15) is 0 Å². The van der Waals surface area contributed by atoms with Gasteiger partial charge < -0.3 is 9.47 Å². The number of allylic oxidation sites excluding steroid dienone is 1. The van der Waals surface area contributed by atoms with Gasteiger partial charge >= 0.3 is 0 Å². The zero-order chi connectivity index (χ0) is 16.9. The third-order valence-corrected chi connectivity index (χ3v) is 4.64. The maximum Gasteiger partial charge on any atom is 0.119 e. The van der Waals surface area contributed by atoms with Crippen molar-refractivity contribution < 1.29 is 9.47 Å². The zero-order valence-electron chi connectivity index (χ0n) is 15.2. The molecule has 0 saturated carbocycles. The first-order valence-corrected chi connectivity index (χ1v) is 9.83. The van der Waals surface area contributed by atoms with E-state index >= 15 is 0 Å². The minimum Gasteiger partial charge on any atom is -0.491 e. The van der Waals surface area contributed by atoms with Gasteiger partial charge in [0, 0.05) is 0 Å². The topological polar surface area (TPSA) is 21.8 Å². The second-order valence-corrected chi connectivity index (χ2v) is 6.92. The van der Waals surface area contributed by atoms with Crippen LogP contribution in [0, 0.1) is 0 Å². The number of rotatable bonds is 15. The van der Waals surface area contributed by atoms with Crippen molar-refractivity contribution in [3.05, 3.63) is 42.5 Å². The number of aryl methyl sites for hydroxylation is 1. The number of unbranched alkanes of at least 4 members (excludes halogenated alkanes) is 9. The maximum atomic E-state index is 5.67. The molecule has 1 aromatic carbocycles. The van der Waals surface area contributed by atoms with Crippen molar-refractivity contribution in [2.45, 2.75) is 76.7 Å². The molecular weight excluding hydrogens is 296 g/mol. The summed E-state index contributed by atoms with van der Waals surface area (Å²) in [4.78, 5) is 0. The maximum absolute atomic E-state index is 5.67. The minimum atomic E-state index is 0.330. The lowest BCUT2D eigenvalue weighted by Gasteiger charge is -2.06. The third-order valence-electron chi connectivity index (χ3n) is 4.64. The fourth-order valence-corrected chi connectivity index (χ4v) is 2.96. The Labute approximate surface area is 148 Å². The summed E-state index contributed by atoms with van der Waals surface area (Å²) in [6, 6.07) is 8.58. The lowest BCUT2D eigenvalue weighted by Crippen LogP contribution is -2.03. The van der Waals surface area contributed by atoms with Gasteiger partial charge in [-0.2, -0.15) is 0 Å². The van der Waals surface area contributed by atoms with Crippen molar-refractivity contribution in [3.63, 3.8) is 0 Å². The van der Waals surface area contributed by atoms with Gasteiger partial charge in [-0.05, 0) is 43.4 Å². The predicted octanol–water partition coefficient (Wildman–Crippen LogP) is 6.09. The van der Waals surface area contributed by atoms with Crippen LogP contribution >= 0.6 is 0 Å². The number of benzene rings is 1. The highest BCUT2D eigenvalue weighted by molar-refractivity contribution is 5.27. The Kier molecular flexibility index (Phi) is 9.63. The molecule has 24 heavy (non-hydrogen) atoms. The number of ether oxygens (including phenoxy) is 2. The molecule has 134 valence electrons. The molecule has 0 aliphatic carbocycles. The summed E-state index contributed by atoms with van der Waals surface area (Å²) in [5.74, 6) is 0.961. The van der Waals surface area contributed by atoms with Gasteiger partial charge in [-0.1, -0.05) is 63.2 Å². The Morgan fingerprint density at radius 3 is 2.08 bits per heavy atom. The van der Waals surface area contributed by atoms with Gasteiger partial charge in [0.15, 0.2) is 0 Å². The molecule has 0 aromatic heterocycles. The number of hydrogen-bond donors (Lipinski definition) is 0. The Bertz CT molecular complexity index is 434. The van der Waals surface area contributed by atoms with Gasteiger partial charge in [-0.15, -0.1) is 6.58 Å². The van der Waals surface area contributed by atoms with Crippen molar-refractivity contribution >= 4 is 0 Å². The molecule has 2 rings (SSSR count). The van der Waals surface area contributed by atoms with E-state index < -0.39 is 0 Å². The lowest BCUT2D eigenvalue weighted by atomic mass is 10.0. The largest absolute Gasteiger partial charge is 0.491 e. The molecule has 1 fully saturated rings. The van der Waals surface area contributed by atoms with Crippen LogP contribution in [0.4, 0.5) is 0 Å². The van der Waals surface area contributed by atoms with E-state index in [4.69, 9.17) is 9.47 Å². The van der Waals surface area contributed by atoms with Crippen LogP contribution in [-0.2, 0) is 11.2 Å². The molecule has 0 bridgehead atoms. The van der Waals surface area contributed by atoms with Crippen LogP contribution < -0.4 is 4.74 Å². The van der Waals surface area contributed by atoms with Crippen LogP contribution in [0.15, 0.2) is 36.9 Å². The predicted molar refractivity (Wildman–Crippen MR) is 102 cm³/mol. The second-order valence-electron chi connectivity index (χ2n) is 6.92. The second kappa shape index (κ2) is 12.1. The first kappa shape index (κ1) is 19.1. The SMILES string of the molecule is C=CCCCCCCCCCCCc1ccc(OCC2CO2)cc1. The van der Waals surface area contributed by atoms with Gasteiger partial charge in [-0.25, -0.2) is 0 Å². The molecule has 1 heterocycles. The summed E-state index contributed by atoms with van der Waals surface area (Å²) in [5.41, 5.74) is 1.42. The van der Waals surface area contributed by atoms with Crippen LogP contribution in [0.3, 0.4) is 0 Å². The summed E-state index contributed by atoms with van der Waals surface area (Å²) in [5, 5.41) is 0. The Morgan fingerprint density at radius 1 is 0.917 bits per heavy atom. The van der Waals surface area contributed by atoms with Gasteiger partial charge in [0.1, 0.15) is 18.5 Å². The first-order chi connectivity index (χ1) is 11.9. The Hall–Kier alpha value is -1.28. The summed E-state index contributed by atoms with van der Waals surface area (Å²) < 4.78 is 10.8. The molecule has 1 aliphatic heterocycles. The fraction of sp³-hybridized carbons (Fsp3) is 0.636. The Morgan fingerprint density at radius 2 is 1.50 bits per heavy atom. The quantitative estimate of drug-likeness (QED) is 0.220. The van der Waals surface area contributed by atoms with Crippen molar-refractivity contribution in [1.29, 1.82) is 0 Å². The highest BCUT2D eigenvalue weighted by atomic mass is 16.6. The van der Waals surface area contributed by atoms with Gasteiger partial charge in [0.05, 0.1) is 6.61 Å². The van der Waals surface area contributed by atoms with E-state index in [2.05, 4.69) is 30.8 Å². The van der Waals surface area contributed by atoms with Crippen molar-refractivity contribution in [3.8, 4) is 5.75 Å². The third kappa shape index (κ3) is 9.12. The molecule has 1 aromatic rings. The molecule has 0 N–H and O–H groups in total. The molecule has 0 spiro atoms. The standard InChI is InChI=1S/C22H34O2/c1-2-3-4-5-6-7-8-9-10-11-12-13-20-14-16-21(17-15-20)23-18-22-19-24-22/h2,14-17,22H,1,3-13,18-19H2. The molecule has 0 amide bonds. The van der Waals surface area contributed by atoms with Crippen LogP contribution in [0.25, 0.3) is 0 Å². The monoisotopic (exact) mass is 330 g/mol. The molecule has 2 nitrogen and oxygen atoms in total. The van der Waals surface area contributed by atoms with Crippen molar-refractivity contribution in [1.82, 2.24) is 0 Å². The summed E-state index contributed by atoms with van der Waals surface area (Å²) in [6.07, 6.45) is 17.1. The summed E-state index contributed by atoms with van der Waals surface area (Å²) in [7, 11) is 0. The average molecular weight is 331 g/mol. The summed E-state index contributed by atoms with van der Waals surface area (Å²) >= 11 is 0. The normalized spacial score (nSPS) is 16.1. The van der Waals surface area contributed by atoms with Gasteiger partial charge in [0.25, 0.3) is 0 Å². The molecule has 1 saturated heterocycles. The van der Waals surface area contributed by atoms with E-state index in [1.54, 1.807) is 0 Å².